The largest absolute Gasteiger partial charge is 0.494 e. The van der Waals surface area contributed by atoms with Crippen molar-refractivity contribution in [1.29, 1.82) is 0 Å². The molecule has 0 radical (unpaired) electrons. The van der Waals surface area contributed by atoms with E-state index in [0.29, 0.717) is 12.4 Å². The van der Waals surface area contributed by atoms with Crippen molar-refractivity contribution in [2.75, 3.05) is 23.7 Å². The van der Waals surface area contributed by atoms with Crippen molar-refractivity contribution in [1.82, 2.24) is 10.2 Å². The summed E-state index contributed by atoms with van der Waals surface area (Å²) in [6.45, 7) is 3.15. The second-order valence-electron chi connectivity index (χ2n) is 8.98. The average molecular weight is 520 g/mol. The van der Waals surface area contributed by atoms with Crippen LogP contribution in [0.15, 0.2) is 48.5 Å². The van der Waals surface area contributed by atoms with Gasteiger partial charge in [0.25, 0.3) is 0 Å². The lowest BCUT2D eigenvalue weighted by Crippen LogP contribution is -2.52. The summed E-state index contributed by atoms with van der Waals surface area (Å²) in [6, 6.07) is 11.5. The number of hydrogen-bond acceptors (Lipinski definition) is 5. The van der Waals surface area contributed by atoms with Crippen LogP contribution in [0.5, 0.6) is 5.75 Å². The van der Waals surface area contributed by atoms with E-state index in [4.69, 9.17) is 4.74 Å². The van der Waals surface area contributed by atoms with Gasteiger partial charge in [-0.1, -0.05) is 31.0 Å². The predicted molar refractivity (Wildman–Crippen MR) is 137 cm³/mol. The molecule has 1 saturated carbocycles. The van der Waals surface area contributed by atoms with Crippen LogP contribution in [0.1, 0.15) is 45.1 Å². The molecular weight excluding hydrogens is 485 g/mol. The number of rotatable bonds is 11. The van der Waals surface area contributed by atoms with Crippen molar-refractivity contribution in [3.8, 4) is 5.75 Å². The van der Waals surface area contributed by atoms with E-state index in [0.717, 1.165) is 36.2 Å². The molecule has 0 heterocycles. The molecule has 1 unspecified atom stereocenters. The van der Waals surface area contributed by atoms with Crippen LogP contribution < -0.4 is 14.4 Å². The summed E-state index contributed by atoms with van der Waals surface area (Å²) >= 11 is 0. The van der Waals surface area contributed by atoms with Gasteiger partial charge in [-0.05, 0) is 57.0 Å². The van der Waals surface area contributed by atoms with E-state index in [2.05, 4.69) is 5.32 Å². The van der Waals surface area contributed by atoms with E-state index in [-0.39, 0.29) is 29.7 Å². The molecule has 1 fully saturated rings. The Morgan fingerprint density at radius 2 is 1.75 bits per heavy atom. The first-order chi connectivity index (χ1) is 17.1. The van der Waals surface area contributed by atoms with Crippen molar-refractivity contribution >= 4 is 27.5 Å². The standard InChI is InChI=1S/C26H34FN3O5S/c1-4-35-23-15-13-22(14-16-23)30(36(3,33)34)18-25(31)29(17-20-9-5-8-12-24(20)27)19(2)26(32)28-21-10-6-7-11-21/h5,8-9,12-16,19,21H,4,6-7,10-11,17-18H2,1-3H3,(H,28,32). The molecule has 36 heavy (non-hydrogen) atoms. The molecule has 1 atom stereocenters. The number of sulfonamides is 1. The fourth-order valence-electron chi connectivity index (χ4n) is 4.27. The highest BCUT2D eigenvalue weighted by molar-refractivity contribution is 7.92. The Balaban J connectivity index is 1.87. The summed E-state index contributed by atoms with van der Waals surface area (Å²) in [6.07, 6.45) is 4.82. The first-order valence-corrected chi connectivity index (χ1v) is 14.0. The highest BCUT2D eigenvalue weighted by Gasteiger charge is 2.31. The minimum atomic E-state index is -3.85. The van der Waals surface area contributed by atoms with Crippen LogP contribution in [0.3, 0.4) is 0 Å². The van der Waals surface area contributed by atoms with Gasteiger partial charge in [-0.15, -0.1) is 0 Å². The summed E-state index contributed by atoms with van der Waals surface area (Å²) in [5, 5.41) is 2.98. The Morgan fingerprint density at radius 3 is 2.33 bits per heavy atom. The summed E-state index contributed by atoms with van der Waals surface area (Å²) in [4.78, 5) is 27.8. The van der Waals surface area contributed by atoms with Gasteiger partial charge in [0, 0.05) is 18.2 Å². The van der Waals surface area contributed by atoms with Gasteiger partial charge in [0.05, 0.1) is 18.6 Å². The normalized spacial score (nSPS) is 14.8. The van der Waals surface area contributed by atoms with Gasteiger partial charge in [-0.2, -0.15) is 0 Å². The maximum absolute atomic E-state index is 14.5. The molecule has 3 rings (SSSR count). The molecule has 1 N–H and O–H groups in total. The molecular formula is C26H34FN3O5S. The van der Waals surface area contributed by atoms with Gasteiger partial charge in [0.15, 0.2) is 0 Å². The number of halogens is 1. The highest BCUT2D eigenvalue weighted by Crippen LogP contribution is 2.23. The Hall–Kier alpha value is -3.14. The summed E-state index contributed by atoms with van der Waals surface area (Å²) in [5.41, 5.74) is 0.515. The maximum Gasteiger partial charge on any atom is 0.244 e. The Kier molecular flexibility index (Phi) is 9.31. The molecule has 2 aromatic carbocycles. The van der Waals surface area contributed by atoms with Crippen molar-refractivity contribution < 1.29 is 27.1 Å². The van der Waals surface area contributed by atoms with E-state index >= 15 is 0 Å². The highest BCUT2D eigenvalue weighted by atomic mass is 32.2. The van der Waals surface area contributed by atoms with Crippen LogP contribution in [-0.4, -0.2) is 56.6 Å². The zero-order valence-electron chi connectivity index (χ0n) is 20.9. The third-order valence-corrected chi connectivity index (χ3v) is 7.42. The van der Waals surface area contributed by atoms with E-state index < -0.39 is 34.3 Å². The minimum absolute atomic E-state index is 0.0433. The molecule has 0 saturated heterocycles. The van der Waals surface area contributed by atoms with Crippen LogP contribution in [0, 0.1) is 5.82 Å². The SMILES string of the molecule is CCOc1ccc(N(CC(=O)N(Cc2ccccc2F)C(C)C(=O)NC2CCCC2)S(C)(=O)=O)cc1. The fourth-order valence-corrected chi connectivity index (χ4v) is 5.12. The molecule has 0 spiro atoms. The number of amides is 2. The van der Waals surface area contributed by atoms with Crippen LogP contribution in [0.25, 0.3) is 0 Å². The van der Waals surface area contributed by atoms with Crippen LogP contribution >= 0.6 is 0 Å². The van der Waals surface area contributed by atoms with E-state index in [1.165, 1.54) is 17.0 Å². The predicted octanol–water partition coefficient (Wildman–Crippen LogP) is 3.47. The summed E-state index contributed by atoms with van der Waals surface area (Å²) in [7, 11) is -3.85. The smallest absolute Gasteiger partial charge is 0.244 e. The number of hydrogen-bond donors (Lipinski definition) is 1. The quantitative estimate of drug-likeness (QED) is 0.491. The van der Waals surface area contributed by atoms with Crippen molar-refractivity contribution in [3.63, 3.8) is 0 Å². The van der Waals surface area contributed by atoms with Gasteiger partial charge in [-0.25, -0.2) is 12.8 Å². The topological polar surface area (TPSA) is 96.0 Å². The Bertz CT molecular complexity index is 1150. The number of nitrogens with zero attached hydrogens (tertiary/aromatic N) is 2. The van der Waals surface area contributed by atoms with Gasteiger partial charge in [0.1, 0.15) is 24.2 Å². The zero-order valence-corrected chi connectivity index (χ0v) is 21.8. The first kappa shape index (κ1) is 27.4. The van der Waals surface area contributed by atoms with E-state index in [1.807, 2.05) is 6.92 Å². The molecule has 2 amide bonds. The monoisotopic (exact) mass is 519 g/mol. The number of anilines is 1. The summed E-state index contributed by atoms with van der Waals surface area (Å²) in [5.74, 6) is -0.908. The van der Waals surface area contributed by atoms with Crippen LogP contribution in [-0.2, 0) is 26.2 Å². The van der Waals surface area contributed by atoms with E-state index in [9.17, 15) is 22.4 Å². The van der Waals surface area contributed by atoms with Crippen LogP contribution in [0.2, 0.25) is 0 Å². The number of carbonyl (C=O) groups is 2. The third kappa shape index (κ3) is 7.19. The molecule has 0 bridgehead atoms. The maximum atomic E-state index is 14.5. The number of benzene rings is 2. The fraction of sp³-hybridized carbons (Fsp3) is 0.462. The minimum Gasteiger partial charge on any atom is -0.494 e. The zero-order chi connectivity index (χ0) is 26.3. The Labute approximate surface area is 212 Å². The average Bonchev–Trinajstić information content (AvgIpc) is 3.34. The molecule has 0 aliphatic heterocycles. The Morgan fingerprint density at radius 1 is 1.11 bits per heavy atom. The first-order valence-electron chi connectivity index (χ1n) is 12.1. The van der Waals surface area contributed by atoms with E-state index in [1.54, 1.807) is 43.3 Å². The summed E-state index contributed by atoms with van der Waals surface area (Å²) < 4.78 is 46.1. The molecule has 1 aliphatic rings. The van der Waals surface area contributed by atoms with Crippen LogP contribution in [0.4, 0.5) is 10.1 Å². The van der Waals surface area contributed by atoms with Crippen molar-refractivity contribution in [2.24, 2.45) is 0 Å². The lowest BCUT2D eigenvalue weighted by atomic mass is 10.1. The lowest BCUT2D eigenvalue weighted by molar-refractivity contribution is -0.139. The van der Waals surface area contributed by atoms with Crippen molar-refractivity contribution in [2.45, 2.75) is 58.2 Å². The van der Waals surface area contributed by atoms with Gasteiger partial charge in [-0.3, -0.25) is 13.9 Å². The molecule has 0 aromatic heterocycles. The molecule has 2 aromatic rings. The number of nitrogens with one attached hydrogen (secondary N) is 1. The van der Waals surface area contributed by atoms with Gasteiger partial charge < -0.3 is 15.0 Å². The van der Waals surface area contributed by atoms with Crippen molar-refractivity contribution in [3.05, 3.63) is 59.9 Å². The van der Waals surface area contributed by atoms with Gasteiger partial charge >= 0.3 is 0 Å². The third-order valence-electron chi connectivity index (χ3n) is 6.28. The molecule has 196 valence electrons. The second kappa shape index (κ2) is 12.2. The number of ether oxygens (including phenoxy) is 1. The number of carbonyl (C=O) groups excluding carboxylic acids is 2. The van der Waals surface area contributed by atoms with Gasteiger partial charge in [0.2, 0.25) is 21.8 Å². The molecule has 8 nitrogen and oxygen atoms in total. The lowest BCUT2D eigenvalue weighted by Gasteiger charge is -2.32. The second-order valence-corrected chi connectivity index (χ2v) is 10.9. The molecule has 10 heteroatoms. The molecule has 1 aliphatic carbocycles.